The third-order valence-electron chi connectivity index (χ3n) is 7.59. The van der Waals surface area contributed by atoms with E-state index in [0.29, 0.717) is 48.2 Å². The predicted octanol–water partition coefficient (Wildman–Crippen LogP) is 7.35. The molecule has 2 heterocycles. The Balaban J connectivity index is 1.47. The molecule has 0 saturated heterocycles. The highest BCUT2D eigenvalue weighted by molar-refractivity contribution is 9.10. The van der Waals surface area contributed by atoms with Crippen LogP contribution in [0.1, 0.15) is 43.5 Å². The molecule has 0 bridgehead atoms. The highest BCUT2D eigenvalue weighted by Crippen LogP contribution is 2.38. The fourth-order valence-electron chi connectivity index (χ4n) is 5.57. The quantitative estimate of drug-likeness (QED) is 0.149. The Morgan fingerprint density at radius 3 is 2.57 bits per heavy atom. The summed E-state index contributed by atoms with van der Waals surface area (Å²) in [5.74, 6) is 0.566. The number of aromatic nitrogens is 1. The van der Waals surface area contributed by atoms with E-state index >= 15 is 0 Å². The van der Waals surface area contributed by atoms with Crippen molar-refractivity contribution in [2.45, 2.75) is 33.4 Å². The minimum atomic E-state index is -0.713. The molecule has 10 heteroatoms. The molecule has 46 heavy (non-hydrogen) atoms. The summed E-state index contributed by atoms with van der Waals surface area (Å²) >= 11 is 11.3. The summed E-state index contributed by atoms with van der Waals surface area (Å²) in [6, 6.07) is 24.3. The molecule has 6 rings (SSSR count). The van der Waals surface area contributed by atoms with Gasteiger partial charge in [0, 0.05) is 10.6 Å². The minimum Gasteiger partial charge on any atom is -0.490 e. The zero-order valence-electron chi connectivity index (χ0n) is 25.4. The van der Waals surface area contributed by atoms with Crippen molar-refractivity contribution in [3.8, 4) is 11.5 Å². The van der Waals surface area contributed by atoms with Crippen LogP contribution in [0.3, 0.4) is 0 Å². The van der Waals surface area contributed by atoms with Gasteiger partial charge in [0.05, 0.1) is 39.5 Å². The fraction of sp³-hybridized carbons (Fsp3) is 0.194. The van der Waals surface area contributed by atoms with E-state index in [-0.39, 0.29) is 18.8 Å². The molecule has 1 aliphatic heterocycles. The second kappa shape index (κ2) is 13.7. The van der Waals surface area contributed by atoms with E-state index in [1.165, 1.54) is 11.3 Å². The second-order valence-electron chi connectivity index (χ2n) is 10.5. The van der Waals surface area contributed by atoms with Gasteiger partial charge >= 0.3 is 5.97 Å². The third-order valence-corrected chi connectivity index (χ3v) is 9.53. The molecule has 0 saturated carbocycles. The zero-order chi connectivity index (χ0) is 32.4. The van der Waals surface area contributed by atoms with Crippen LogP contribution in [-0.2, 0) is 16.1 Å². The van der Waals surface area contributed by atoms with Crippen molar-refractivity contribution in [1.29, 1.82) is 0 Å². The first-order valence-corrected chi connectivity index (χ1v) is 16.8. The van der Waals surface area contributed by atoms with E-state index in [1.807, 2.05) is 85.8 Å². The van der Waals surface area contributed by atoms with Crippen molar-refractivity contribution in [3.63, 3.8) is 0 Å². The number of fused-ring (bicyclic) bond motifs is 2. The van der Waals surface area contributed by atoms with Gasteiger partial charge < -0.3 is 14.2 Å². The maximum atomic E-state index is 14.3. The van der Waals surface area contributed by atoms with Gasteiger partial charge in [-0.3, -0.25) is 9.36 Å². The van der Waals surface area contributed by atoms with Gasteiger partial charge in [-0.1, -0.05) is 83.6 Å². The van der Waals surface area contributed by atoms with Gasteiger partial charge in [-0.15, -0.1) is 0 Å². The molecule has 0 amide bonds. The van der Waals surface area contributed by atoms with Gasteiger partial charge in [0.25, 0.3) is 5.56 Å². The molecule has 0 unspecified atom stereocenters. The van der Waals surface area contributed by atoms with E-state index < -0.39 is 12.0 Å². The summed E-state index contributed by atoms with van der Waals surface area (Å²) in [5.41, 5.74) is 3.01. The summed E-state index contributed by atoms with van der Waals surface area (Å²) in [6.45, 7) is 6.32. The average molecular weight is 718 g/mol. The largest absolute Gasteiger partial charge is 0.490 e. The first-order valence-electron chi connectivity index (χ1n) is 14.8. The van der Waals surface area contributed by atoms with Gasteiger partial charge in [-0.05, 0) is 82.9 Å². The molecule has 4 aromatic carbocycles. The van der Waals surface area contributed by atoms with E-state index in [4.69, 9.17) is 30.8 Å². The van der Waals surface area contributed by atoms with Gasteiger partial charge in [-0.25, -0.2) is 9.79 Å². The molecular weight excluding hydrogens is 688 g/mol. The molecule has 0 radical (unpaired) electrons. The van der Waals surface area contributed by atoms with Crippen LogP contribution in [0, 0.1) is 0 Å². The number of allylic oxidation sites excluding steroid dienone is 1. The molecule has 0 N–H and O–H groups in total. The number of halogens is 2. The van der Waals surface area contributed by atoms with Crippen molar-refractivity contribution >= 4 is 61.7 Å². The Hall–Kier alpha value is -4.18. The number of esters is 1. The monoisotopic (exact) mass is 716 g/mol. The molecule has 1 aromatic heterocycles. The molecule has 1 atom stereocenters. The van der Waals surface area contributed by atoms with E-state index in [0.717, 1.165) is 27.5 Å². The topological polar surface area (TPSA) is 79.1 Å². The highest BCUT2D eigenvalue weighted by Gasteiger charge is 2.34. The lowest BCUT2D eigenvalue weighted by Crippen LogP contribution is -2.40. The van der Waals surface area contributed by atoms with Crippen LogP contribution in [-0.4, -0.2) is 23.8 Å². The van der Waals surface area contributed by atoms with Crippen LogP contribution in [0.5, 0.6) is 11.5 Å². The number of nitrogens with zero attached hydrogens (tertiary/aromatic N) is 2. The third kappa shape index (κ3) is 6.15. The minimum absolute atomic E-state index is 0.206. The van der Waals surface area contributed by atoms with Crippen LogP contribution >= 0.6 is 38.9 Å². The fourth-order valence-corrected chi connectivity index (χ4v) is 7.38. The van der Waals surface area contributed by atoms with Crippen molar-refractivity contribution in [1.82, 2.24) is 4.57 Å². The van der Waals surface area contributed by atoms with Gasteiger partial charge in [0.2, 0.25) is 0 Å². The van der Waals surface area contributed by atoms with Crippen molar-refractivity contribution in [2.75, 3.05) is 13.2 Å². The van der Waals surface area contributed by atoms with Gasteiger partial charge in [0.15, 0.2) is 16.3 Å². The number of thiazole rings is 1. The molecule has 5 aromatic rings. The number of ether oxygens (including phenoxy) is 3. The summed E-state index contributed by atoms with van der Waals surface area (Å²) in [5, 5.41) is 2.57. The second-order valence-corrected chi connectivity index (χ2v) is 12.8. The van der Waals surface area contributed by atoms with Gasteiger partial charge in [0.1, 0.15) is 6.61 Å². The van der Waals surface area contributed by atoms with Crippen LogP contribution in [0.2, 0.25) is 5.02 Å². The van der Waals surface area contributed by atoms with Crippen LogP contribution in [0.25, 0.3) is 16.8 Å². The first kappa shape index (κ1) is 31.8. The number of carbonyl (C=O) groups excluding carboxylic acids is 1. The summed E-state index contributed by atoms with van der Waals surface area (Å²) in [7, 11) is 0. The lowest BCUT2D eigenvalue weighted by atomic mass is 9.91. The first-order chi connectivity index (χ1) is 22.3. The maximum Gasteiger partial charge on any atom is 0.338 e. The van der Waals surface area contributed by atoms with Crippen molar-refractivity contribution in [3.05, 3.63) is 136 Å². The van der Waals surface area contributed by atoms with Crippen LogP contribution in [0.4, 0.5) is 0 Å². The summed E-state index contributed by atoms with van der Waals surface area (Å²) in [6.07, 6.45) is 1.80. The Bertz CT molecular complexity index is 2180. The number of hydrogen-bond acceptors (Lipinski definition) is 7. The smallest absolute Gasteiger partial charge is 0.338 e. The molecule has 0 spiro atoms. The zero-order valence-corrected chi connectivity index (χ0v) is 28.5. The lowest BCUT2D eigenvalue weighted by molar-refractivity contribution is -0.139. The molecule has 0 aliphatic carbocycles. The number of benzene rings is 4. The molecular formula is C36H30BrClN2O5S. The molecule has 0 fully saturated rings. The predicted molar refractivity (Wildman–Crippen MR) is 185 cm³/mol. The Kier molecular flexibility index (Phi) is 9.44. The lowest BCUT2D eigenvalue weighted by Gasteiger charge is -2.25. The molecule has 234 valence electrons. The van der Waals surface area contributed by atoms with Crippen LogP contribution < -0.4 is 24.4 Å². The van der Waals surface area contributed by atoms with Gasteiger partial charge in [-0.2, -0.15) is 0 Å². The van der Waals surface area contributed by atoms with E-state index in [2.05, 4.69) is 15.9 Å². The highest BCUT2D eigenvalue weighted by atomic mass is 79.9. The summed E-state index contributed by atoms with van der Waals surface area (Å²) < 4.78 is 20.3. The van der Waals surface area contributed by atoms with E-state index in [1.54, 1.807) is 24.5 Å². The average Bonchev–Trinajstić information content (AvgIpc) is 3.34. The van der Waals surface area contributed by atoms with Crippen LogP contribution in [0.15, 0.2) is 104 Å². The Morgan fingerprint density at radius 1 is 1.02 bits per heavy atom. The Labute approximate surface area is 283 Å². The molecule has 7 nitrogen and oxygen atoms in total. The molecule has 1 aliphatic rings. The Morgan fingerprint density at radius 2 is 1.78 bits per heavy atom. The number of carbonyl (C=O) groups is 1. The van der Waals surface area contributed by atoms with Crippen molar-refractivity contribution in [2.24, 2.45) is 4.99 Å². The van der Waals surface area contributed by atoms with Crippen molar-refractivity contribution < 1.29 is 19.0 Å². The van der Waals surface area contributed by atoms with E-state index in [9.17, 15) is 9.59 Å². The SMILES string of the molecule is CCOC(=O)C1=C(C)N=c2s/c(=C\c3cc(Br)c(OCc4ccccc4Cl)c(OCC)c3)c(=O)n2[C@@H]1c1cccc2ccccc12. The maximum absolute atomic E-state index is 14.3. The standard InChI is InChI=1S/C36H30BrClN2O5S/c1-4-43-29-18-22(17-27(37)33(29)45-20-24-12-7-9-16-28(24)38)19-30-34(41)40-32(26-15-10-13-23-11-6-8-14-25(23)26)31(35(42)44-5-2)21(3)39-36(40)46-30/h6-19,32H,4-5,20H2,1-3H3/b30-19-/t32-/m1/s1. The number of rotatable bonds is 9. The summed E-state index contributed by atoms with van der Waals surface area (Å²) in [4.78, 5) is 32.9. The number of hydrogen-bond donors (Lipinski definition) is 0. The normalized spacial score (nSPS) is 14.6.